The fourth-order valence-corrected chi connectivity index (χ4v) is 4.66. The molecule has 2 heterocycles. The van der Waals surface area contributed by atoms with E-state index in [2.05, 4.69) is 31.9 Å². The second kappa shape index (κ2) is 8.86. The molecule has 166 valence electrons. The van der Waals surface area contributed by atoms with Crippen LogP contribution in [-0.2, 0) is 4.79 Å². The van der Waals surface area contributed by atoms with Crippen molar-refractivity contribution in [3.63, 3.8) is 0 Å². The van der Waals surface area contributed by atoms with Gasteiger partial charge in [-0.2, -0.15) is 0 Å². The van der Waals surface area contributed by atoms with Crippen LogP contribution in [0.1, 0.15) is 49.8 Å². The summed E-state index contributed by atoms with van der Waals surface area (Å²) in [5, 5.41) is 23.7. The van der Waals surface area contributed by atoms with Gasteiger partial charge in [-0.25, -0.2) is 0 Å². The molecule has 10 heteroatoms. The smallest absolute Gasteiger partial charge is 0.293 e. The maximum atomic E-state index is 12.6. The van der Waals surface area contributed by atoms with Crippen LogP contribution in [0.3, 0.4) is 0 Å². The van der Waals surface area contributed by atoms with Crippen LogP contribution in [0.5, 0.6) is 0 Å². The predicted octanol–water partition coefficient (Wildman–Crippen LogP) is 4.11. The van der Waals surface area contributed by atoms with Gasteiger partial charge in [-0.3, -0.25) is 19.5 Å². The molecule has 4 rings (SSSR count). The minimum absolute atomic E-state index is 0.0933. The number of piperidine rings is 1. The Morgan fingerprint density at radius 2 is 1.94 bits per heavy atom. The molecule has 1 aliphatic heterocycles. The van der Waals surface area contributed by atoms with Gasteiger partial charge < -0.3 is 10.2 Å². The monoisotopic (exact) mass is 444 g/mol. The van der Waals surface area contributed by atoms with E-state index in [4.69, 9.17) is 0 Å². The van der Waals surface area contributed by atoms with Crippen molar-refractivity contribution in [1.29, 1.82) is 0 Å². The molecule has 1 N–H and O–H groups in total. The first-order valence-electron chi connectivity index (χ1n) is 10.7. The van der Waals surface area contributed by atoms with Gasteiger partial charge in [-0.1, -0.05) is 24.8 Å². The standard InChI is InChI=1S/C21H28N6O3S/c1-13-8-10-25(11-9-13)20-23-24-21(26(20)16-5-6-16)31-12-18(28)22-19-15(3)14(2)4-7-17(19)27(29)30/h4,7,13,16H,5-6,8-12H2,1-3H3,(H,22,28). The van der Waals surface area contributed by atoms with E-state index in [0.717, 1.165) is 61.4 Å². The summed E-state index contributed by atoms with van der Waals surface area (Å²) in [7, 11) is 0. The van der Waals surface area contributed by atoms with Crippen LogP contribution in [0.2, 0.25) is 0 Å². The lowest BCUT2D eigenvalue weighted by Crippen LogP contribution is -2.34. The Labute approximate surface area is 185 Å². The molecule has 2 aliphatic rings. The first-order chi connectivity index (χ1) is 14.8. The lowest BCUT2D eigenvalue weighted by Gasteiger charge is -2.31. The van der Waals surface area contributed by atoms with Crippen LogP contribution < -0.4 is 10.2 Å². The Balaban J connectivity index is 1.46. The van der Waals surface area contributed by atoms with E-state index >= 15 is 0 Å². The zero-order valence-electron chi connectivity index (χ0n) is 18.1. The summed E-state index contributed by atoms with van der Waals surface area (Å²) in [6, 6.07) is 3.52. The van der Waals surface area contributed by atoms with Gasteiger partial charge in [0.25, 0.3) is 5.69 Å². The first kappa shape index (κ1) is 21.6. The lowest BCUT2D eigenvalue weighted by atomic mass is 10.00. The Kier molecular flexibility index (Phi) is 6.17. The highest BCUT2D eigenvalue weighted by atomic mass is 32.2. The van der Waals surface area contributed by atoms with Crippen LogP contribution in [0.25, 0.3) is 0 Å². The van der Waals surface area contributed by atoms with Crippen molar-refractivity contribution in [1.82, 2.24) is 14.8 Å². The molecule has 1 amide bonds. The van der Waals surface area contributed by atoms with Crippen molar-refractivity contribution in [2.75, 3.05) is 29.1 Å². The number of hydrogen-bond acceptors (Lipinski definition) is 7. The number of nitrogens with zero attached hydrogens (tertiary/aromatic N) is 5. The molecule has 1 saturated carbocycles. The molecule has 0 unspecified atom stereocenters. The number of nitro groups is 1. The minimum atomic E-state index is -0.468. The lowest BCUT2D eigenvalue weighted by molar-refractivity contribution is -0.384. The van der Waals surface area contributed by atoms with E-state index in [0.29, 0.717) is 11.6 Å². The summed E-state index contributed by atoms with van der Waals surface area (Å²) < 4.78 is 2.17. The number of nitro benzene ring substituents is 1. The molecule has 1 aromatic heterocycles. The van der Waals surface area contributed by atoms with E-state index in [1.807, 2.05) is 6.92 Å². The van der Waals surface area contributed by atoms with Crippen molar-refractivity contribution >= 4 is 35.0 Å². The van der Waals surface area contributed by atoms with Crippen molar-refractivity contribution < 1.29 is 9.72 Å². The molecule has 1 aromatic carbocycles. The number of nitrogens with one attached hydrogen (secondary N) is 1. The zero-order chi connectivity index (χ0) is 22.1. The summed E-state index contributed by atoms with van der Waals surface area (Å²) in [5.41, 5.74) is 1.77. The van der Waals surface area contributed by atoms with Gasteiger partial charge in [-0.05, 0) is 56.6 Å². The van der Waals surface area contributed by atoms with Gasteiger partial charge in [-0.15, -0.1) is 10.2 Å². The molecular formula is C21H28N6O3S. The van der Waals surface area contributed by atoms with Crippen molar-refractivity contribution in [2.45, 2.75) is 57.7 Å². The number of carbonyl (C=O) groups is 1. The van der Waals surface area contributed by atoms with Crippen molar-refractivity contribution in [3.05, 3.63) is 33.4 Å². The van der Waals surface area contributed by atoms with E-state index in [1.54, 1.807) is 13.0 Å². The highest BCUT2D eigenvalue weighted by molar-refractivity contribution is 7.99. The zero-order valence-corrected chi connectivity index (χ0v) is 18.9. The molecule has 1 aliphatic carbocycles. The average molecular weight is 445 g/mol. The largest absolute Gasteiger partial charge is 0.341 e. The molecule has 0 radical (unpaired) electrons. The minimum Gasteiger partial charge on any atom is -0.341 e. The van der Waals surface area contributed by atoms with Crippen molar-refractivity contribution in [3.8, 4) is 0 Å². The molecule has 0 bridgehead atoms. The van der Waals surface area contributed by atoms with E-state index in [-0.39, 0.29) is 23.0 Å². The summed E-state index contributed by atoms with van der Waals surface area (Å²) in [5.74, 6) is 1.47. The van der Waals surface area contributed by atoms with E-state index in [9.17, 15) is 14.9 Å². The topological polar surface area (TPSA) is 106 Å². The number of amides is 1. The second-order valence-corrected chi connectivity index (χ2v) is 9.49. The molecule has 2 fully saturated rings. The second-order valence-electron chi connectivity index (χ2n) is 8.55. The van der Waals surface area contributed by atoms with Gasteiger partial charge in [0.2, 0.25) is 11.9 Å². The summed E-state index contributed by atoms with van der Waals surface area (Å²) in [4.78, 5) is 25.8. The highest BCUT2D eigenvalue weighted by Gasteiger charge is 2.32. The molecule has 9 nitrogen and oxygen atoms in total. The Bertz CT molecular complexity index is 995. The van der Waals surface area contributed by atoms with Crippen molar-refractivity contribution in [2.24, 2.45) is 5.92 Å². The van der Waals surface area contributed by atoms with Crippen LogP contribution >= 0.6 is 11.8 Å². The third-order valence-corrected chi connectivity index (χ3v) is 7.08. The molecular weight excluding hydrogens is 416 g/mol. The molecule has 1 saturated heterocycles. The van der Waals surface area contributed by atoms with Crippen LogP contribution in [0.15, 0.2) is 17.3 Å². The maximum absolute atomic E-state index is 12.6. The Hall–Kier alpha value is -2.62. The number of anilines is 2. The van der Waals surface area contributed by atoms with Crippen LogP contribution in [0, 0.1) is 29.9 Å². The first-order valence-corrected chi connectivity index (χ1v) is 11.7. The Morgan fingerprint density at radius 3 is 2.58 bits per heavy atom. The number of rotatable bonds is 7. The van der Waals surface area contributed by atoms with Crippen LogP contribution in [-0.4, -0.2) is 44.4 Å². The van der Waals surface area contributed by atoms with Gasteiger partial charge >= 0.3 is 0 Å². The number of thioether (sulfide) groups is 1. The number of aromatic nitrogens is 3. The number of carbonyl (C=O) groups excluding carboxylic acids is 1. The quantitative estimate of drug-likeness (QED) is 0.389. The fourth-order valence-electron chi connectivity index (χ4n) is 3.86. The summed E-state index contributed by atoms with van der Waals surface area (Å²) >= 11 is 1.33. The van der Waals surface area contributed by atoms with Crippen LogP contribution in [0.4, 0.5) is 17.3 Å². The third-order valence-electron chi connectivity index (χ3n) is 6.13. The van der Waals surface area contributed by atoms with Gasteiger partial charge in [0.15, 0.2) is 5.16 Å². The molecule has 0 spiro atoms. The van der Waals surface area contributed by atoms with E-state index in [1.165, 1.54) is 17.8 Å². The molecule has 2 aromatic rings. The van der Waals surface area contributed by atoms with Gasteiger partial charge in [0, 0.05) is 25.2 Å². The van der Waals surface area contributed by atoms with Gasteiger partial charge in [0.05, 0.1) is 10.7 Å². The summed E-state index contributed by atoms with van der Waals surface area (Å²) in [6.45, 7) is 7.88. The number of aryl methyl sites for hydroxylation is 1. The third kappa shape index (κ3) is 4.68. The van der Waals surface area contributed by atoms with E-state index < -0.39 is 4.92 Å². The number of benzene rings is 1. The predicted molar refractivity (Wildman–Crippen MR) is 121 cm³/mol. The number of hydrogen-bond donors (Lipinski definition) is 1. The SMILES string of the molecule is Cc1ccc([N+](=O)[O-])c(NC(=O)CSc2nnc(N3CCC(C)CC3)n2C2CC2)c1C. The molecule has 0 atom stereocenters. The van der Waals surface area contributed by atoms with Gasteiger partial charge in [0.1, 0.15) is 5.69 Å². The molecule has 31 heavy (non-hydrogen) atoms. The highest BCUT2D eigenvalue weighted by Crippen LogP contribution is 2.41. The fraction of sp³-hybridized carbons (Fsp3) is 0.571. The maximum Gasteiger partial charge on any atom is 0.293 e. The summed E-state index contributed by atoms with van der Waals surface area (Å²) in [6.07, 6.45) is 4.50. The normalized spacial score (nSPS) is 17.1. The Morgan fingerprint density at radius 1 is 1.23 bits per heavy atom. The average Bonchev–Trinajstić information content (AvgIpc) is 3.49.